The number of carbonyl (C=O) groups is 2. The van der Waals surface area contributed by atoms with Crippen LogP contribution in [0.2, 0.25) is 0 Å². The van der Waals surface area contributed by atoms with Crippen LogP contribution in [-0.2, 0) is 9.59 Å². The molecule has 0 aromatic carbocycles. The lowest BCUT2D eigenvalue weighted by Gasteiger charge is -2.03. The number of aldehydes is 1. The molecule has 3 nitrogen and oxygen atoms in total. The van der Waals surface area contributed by atoms with Gasteiger partial charge in [-0.05, 0) is 13.3 Å². The maximum Gasteiger partial charge on any atom is 0.222 e. The molecule has 1 amide bonds. The maximum atomic E-state index is 10.5. The molecule has 0 saturated carbocycles. The van der Waals surface area contributed by atoms with E-state index in [9.17, 15) is 4.79 Å². The molecule has 1 saturated heterocycles. The second-order valence-electron chi connectivity index (χ2n) is 2.15. The zero-order chi connectivity index (χ0) is 9.98. The monoisotopic (exact) mass is 173 g/mol. The molecule has 0 aromatic heterocycles. The molecule has 1 heterocycles. The van der Waals surface area contributed by atoms with Gasteiger partial charge in [0.1, 0.15) is 6.29 Å². The highest BCUT2D eigenvalue weighted by atomic mass is 16.2. The summed E-state index contributed by atoms with van der Waals surface area (Å²) in [4.78, 5) is 21.1. The van der Waals surface area contributed by atoms with Crippen molar-refractivity contribution in [3.05, 3.63) is 0 Å². The third-order valence-electron chi connectivity index (χ3n) is 1.31. The predicted molar refractivity (Wildman–Crippen MR) is 50.0 cm³/mol. The van der Waals surface area contributed by atoms with Gasteiger partial charge >= 0.3 is 0 Å². The Bertz CT molecular complexity index is 124. The van der Waals surface area contributed by atoms with Gasteiger partial charge in [-0.25, -0.2) is 0 Å². The Balaban J connectivity index is 0. The predicted octanol–water partition coefficient (Wildman–Crippen LogP) is 1.47. The summed E-state index contributed by atoms with van der Waals surface area (Å²) in [5.74, 6) is 0.292. The molecule has 0 radical (unpaired) electrons. The van der Waals surface area contributed by atoms with E-state index in [0.717, 1.165) is 25.7 Å². The van der Waals surface area contributed by atoms with Crippen molar-refractivity contribution in [2.45, 2.75) is 33.6 Å². The van der Waals surface area contributed by atoms with Crippen LogP contribution in [0.4, 0.5) is 0 Å². The van der Waals surface area contributed by atoms with Crippen LogP contribution < -0.4 is 0 Å². The van der Waals surface area contributed by atoms with Crippen LogP contribution in [0.3, 0.4) is 0 Å². The van der Waals surface area contributed by atoms with Crippen LogP contribution in [0.5, 0.6) is 0 Å². The first-order valence-electron chi connectivity index (χ1n) is 4.36. The van der Waals surface area contributed by atoms with Gasteiger partial charge in [0.2, 0.25) is 5.91 Å². The molecule has 1 rings (SSSR count). The first-order chi connectivity index (χ1) is 5.72. The van der Waals surface area contributed by atoms with Crippen molar-refractivity contribution < 1.29 is 9.59 Å². The Morgan fingerprint density at radius 2 is 1.83 bits per heavy atom. The lowest BCUT2D eigenvalue weighted by molar-refractivity contribution is -0.126. The summed E-state index contributed by atoms with van der Waals surface area (Å²) in [6, 6.07) is 0. The highest BCUT2D eigenvalue weighted by molar-refractivity contribution is 5.77. The van der Waals surface area contributed by atoms with E-state index in [1.54, 1.807) is 4.90 Å². The first kappa shape index (κ1) is 13.7. The summed E-state index contributed by atoms with van der Waals surface area (Å²) in [6.07, 6.45) is 2.56. The van der Waals surface area contributed by atoms with E-state index in [1.165, 1.54) is 6.92 Å². The fourth-order valence-electron chi connectivity index (χ4n) is 0.783. The van der Waals surface area contributed by atoms with Gasteiger partial charge in [0.15, 0.2) is 0 Å². The van der Waals surface area contributed by atoms with Crippen molar-refractivity contribution in [3.63, 3.8) is 0 Å². The van der Waals surface area contributed by atoms with Crippen LogP contribution in [-0.4, -0.2) is 30.7 Å². The van der Waals surface area contributed by atoms with E-state index in [0.29, 0.717) is 5.91 Å². The minimum Gasteiger partial charge on any atom is -0.346 e. The van der Waals surface area contributed by atoms with Crippen LogP contribution >= 0.6 is 0 Å². The zero-order valence-electron chi connectivity index (χ0n) is 8.46. The van der Waals surface area contributed by atoms with Gasteiger partial charge < -0.3 is 9.69 Å². The highest BCUT2D eigenvalue weighted by Gasteiger charge is 2.14. The molecule has 12 heavy (non-hydrogen) atoms. The van der Waals surface area contributed by atoms with E-state index in [-0.39, 0.29) is 0 Å². The number of rotatable bonds is 0. The number of carbonyl (C=O) groups excluding carboxylic acids is 2. The lowest BCUT2D eigenvalue weighted by atomic mass is 10.4. The summed E-state index contributed by atoms with van der Waals surface area (Å²) in [6.45, 7) is 6.40. The molecular weight excluding hydrogens is 154 g/mol. The van der Waals surface area contributed by atoms with Gasteiger partial charge in [0, 0.05) is 20.0 Å². The van der Waals surface area contributed by atoms with E-state index in [2.05, 4.69) is 0 Å². The average molecular weight is 173 g/mol. The fraction of sp³-hybridized carbons (Fsp3) is 0.778. The fourth-order valence-corrected chi connectivity index (χ4v) is 0.783. The van der Waals surface area contributed by atoms with Crippen molar-refractivity contribution >= 4 is 12.2 Å². The topological polar surface area (TPSA) is 37.4 Å². The van der Waals surface area contributed by atoms with E-state index in [4.69, 9.17) is 4.79 Å². The van der Waals surface area contributed by atoms with Gasteiger partial charge in [-0.2, -0.15) is 0 Å². The van der Waals surface area contributed by atoms with Crippen molar-refractivity contribution in [2.24, 2.45) is 0 Å². The first-order valence-corrected chi connectivity index (χ1v) is 4.36. The number of amides is 1. The number of likely N-dealkylation sites (tertiary alicyclic amines) is 1. The molecular formula is C9H19NO2. The summed E-state index contributed by atoms with van der Waals surface area (Å²) < 4.78 is 0. The Hall–Kier alpha value is -0.860. The Morgan fingerprint density at radius 3 is 1.92 bits per heavy atom. The second kappa shape index (κ2) is 10.1. The number of hydrogen-bond acceptors (Lipinski definition) is 2. The van der Waals surface area contributed by atoms with E-state index in [1.807, 2.05) is 20.9 Å². The van der Waals surface area contributed by atoms with Crippen LogP contribution in [0.15, 0.2) is 0 Å². The standard InChI is InChI=1S/C5H9NO.C2H4O.C2H6/c1-6-4-2-3-5(6)7;1-2-3;1-2/h2-4H2,1H3;2H,1H3;1-2H3. The summed E-state index contributed by atoms with van der Waals surface area (Å²) in [5, 5.41) is 0. The van der Waals surface area contributed by atoms with Crippen molar-refractivity contribution in [2.75, 3.05) is 13.6 Å². The molecule has 0 aromatic rings. The number of hydrogen-bond donors (Lipinski definition) is 0. The molecule has 0 bridgehead atoms. The third kappa shape index (κ3) is 7.25. The summed E-state index contributed by atoms with van der Waals surface area (Å²) in [5.41, 5.74) is 0. The van der Waals surface area contributed by atoms with Gasteiger partial charge in [-0.3, -0.25) is 4.79 Å². The second-order valence-corrected chi connectivity index (χ2v) is 2.15. The van der Waals surface area contributed by atoms with Crippen LogP contribution in [0.1, 0.15) is 33.6 Å². The third-order valence-corrected chi connectivity index (χ3v) is 1.31. The van der Waals surface area contributed by atoms with Crippen molar-refractivity contribution in [3.8, 4) is 0 Å². The molecule has 72 valence electrons. The largest absolute Gasteiger partial charge is 0.346 e. The normalized spacial score (nSPS) is 14.0. The Morgan fingerprint density at radius 1 is 1.42 bits per heavy atom. The SMILES string of the molecule is CC.CC=O.CN1CCCC1=O. The van der Waals surface area contributed by atoms with Gasteiger partial charge in [-0.1, -0.05) is 13.8 Å². The van der Waals surface area contributed by atoms with Gasteiger partial charge in [0.25, 0.3) is 0 Å². The molecule has 1 aliphatic rings. The molecule has 0 atom stereocenters. The molecule has 3 heteroatoms. The van der Waals surface area contributed by atoms with Crippen LogP contribution in [0.25, 0.3) is 0 Å². The van der Waals surface area contributed by atoms with E-state index < -0.39 is 0 Å². The zero-order valence-corrected chi connectivity index (χ0v) is 8.46. The summed E-state index contributed by atoms with van der Waals surface area (Å²) >= 11 is 0. The number of nitrogens with zero attached hydrogens (tertiary/aromatic N) is 1. The molecule has 0 N–H and O–H groups in total. The molecule has 0 spiro atoms. The minimum atomic E-state index is 0.292. The Labute approximate surface area is 74.7 Å². The minimum absolute atomic E-state index is 0.292. The summed E-state index contributed by atoms with van der Waals surface area (Å²) in [7, 11) is 1.84. The Kier molecular flexibility index (Phi) is 11.6. The molecule has 1 aliphatic heterocycles. The average Bonchev–Trinajstić information content (AvgIpc) is 2.42. The van der Waals surface area contributed by atoms with E-state index >= 15 is 0 Å². The van der Waals surface area contributed by atoms with Crippen LogP contribution in [0, 0.1) is 0 Å². The molecule has 0 unspecified atom stereocenters. The van der Waals surface area contributed by atoms with Gasteiger partial charge in [-0.15, -0.1) is 0 Å². The quantitative estimate of drug-likeness (QED) is 0.520. The smallest absolute Gasteiger partial charge is 0.222 e. The molecule has 1 fully saturated rings. The maximum absolute atomic E-state index is 10.5. The van der Waals surface area contributed by atoms with Crippen molar-refractivity contribution in [1.29, 1.82) is 0 Å². The highest BCUT2D eigenvalue weighted by Crippen LogP contribution is 2.04. The molecule has 0 aliphatic carbocycles. The lowest BCUT2D eigenvalue weighted by Crippen LogP contribution is -2.17. The van der Waals surface area contributed by atoms with Crippen molar-refractivity contribution in [1.82, 2.24) is 4.90 Å². The van der Waals surface area contributed by atoms with Gasteiger partial charge in [0.05, 0.1) is 0 Å².